The van der Waals surface area contributed by atoms with Gasteiger partial charge in [-0.25, -0.2) is 22.0 Å². The molecule has 3 aromatic rings. The molecule has 0 fully saturated rings. The fraction of sp³-hybridized carbons (Fsp3) is 0.150. The lowest BCUT2D eigenvalue weighted by molar-refractivity contribution is 0.371. The molecule has 1 radical (unpaired) electrons. The highest BCUT2D eigenvalue weighted by Crippen LogP contribution is 2.32. The Bertz CT molecular complexity index is 904. The molecule has 0 unspecified atom stereocenters. The van der Waals surface area contributed by atoms with E-state index in [-0.39, 0.29) is 18.8 Å². The Balaban J connectivity index is 2.03. The molecule has 0 nitrogen and oxygen atoms in total. The Morgan fingerprint density at radius 1 is 0.720 bits per heavy atom. The van der Waals surface area contributed by atoms with Gasteiger partial charge in [0, 0.05) is 11.5 Å². The normalized spacial score (nSPS) is 11.5. The molecule has 0 saturated heterocycles. The van der Waals surface area contributed by atoms with Crippen molar-refractivity contribution >= 4 is 10.8 Å². The molecule has 0 aliphatic rings. The minimum absolute atomic E-state index is 0.0969. The molecule has 129 valence electrons. The molecule has 3 rings (SSSR count). The molecule has 0 heterocycles. The van der Waals surface area contributed by atoms with Gasteiger partial charge in [-0.1, -0.05) is 49.4 Å². The third-order valence-corrected chi connectivity index (χ3v) is 4.22. The van der Waals surface area contributed by atoms with Crippen molar-refractivity contribution in [3.63, 3.8) is 0 Å². The van der Waals surface area contributed by atoms with E-state index in [2.05, 4.69) is 0 Å². The number of benzene rings is 3. The molecule has 3 aromatic carbocycles. The zero-order valence-corrected chi connectivity index (χ0v) is 13.3. The van der Waals surface area contributed by atoms with Crippen LogP contribution in [0.25, 0.3) is 10.8 Å². The van der Waals surface area contributed by atoms with E-state index in [0.29, 0.717) is 0 Å². The Labute approximate surface area is 141 Å². The minimum atomic E-state index is -2.14. The van der Waals surface area contributed by atoms with Crippen LogP contribution in [0.4, 0.5) is 22.0 Å². The van der Waals surface area contributed by atoms with Crippen LogP contribution < -0.4 is 0 Å². The first-order valence-electron chi connectivity index (χ1n) is 7.78. The smallest absolute Gasteiger partial charge is 0.200 e. The highest BCUT2D eigenvalue weighted by atomic mass is 19.2. The quantitative estimate of drug-likeness (QED) is 0.303. The van der Waals surface area contributed by atoms with E-state index in [9.17, 15) is 22.0 Å². The summed E-state index contributed by atoms with van der Waals surface area (Å²) in [6, 6.07) is 13.1. The number of hydrogen-bond donors (Lipinski definition) is 0. The van der Waals surface area contributed by atoms with Gasteiger partial charge in [-0.3, -0.25) is 0 Å². The van der Waals surface area contributed by atoms with Crippen LogP contribution >= 0.6 is 0 Å². The standard InChI is InChI=1S/C20H14F5/c1-2-12(15-16(21)18(23)20(25)19(24)17(15)22)9-11-7-8-13-5-3-4-6-14(13)10-11/h3-8,10H,2,9H2,1H3. The van der Waals surface area contributed by atoms with Gasteiger partial charge in [-0.15, -0.1) is 0 Å². The van der Waals surface area contributed by atoms with E-state index in [0.717, 1.165) is 16.3 Å². The summed E-state index contributed by atoms with van der Waals surface area (Å²) in [7, 11) is 0. The molecule has 0 spiro atoms. The van der Waals surface area contributed by atoms with Crippen LogP contribution in [0.3, 0.4) is 0 Å². The molecule has 0 N–H and O–H groups in total. The Morgan fingerprint density at radius 2 is 1.28 bits per heavy atom. The Kier molecular flexibility index (Phi) is 4.75. The number of rotatable bonds is 4. The van der Waals surface area contributed by atoms with Crippen molar-refractivity contribution < 1.29 is 22.0 Å². The monoisotopic (exact) mass is 349 g/mol. The maximum atomic E-state index is 14.1. The first-order valence-corrected chi connectivity index (χ1v) is 7.78. The molecule has 0 amide bonds. The van der Waals surface area contributed by atoms with E-state index in [1.807, 2.05) is 36.4 Å². The molecule has 5 heteroatoms. The van der Waals surface area contributed by atoms with Crippen LogP contribution in [-0.2, 0) is 6.42 Å². The summed E-state index contributed by atoms with van der Waals surface area (Å²) in [4.78, 5) is 0. The Morgan fingerprint density at radius 3 is 1.88 bits per heavy atom. The fourth-order valence-corrected chi connectivity index (χ4v) is 2.90. The van der Waals surface area contributed by atoms with Crippen molar-refractivity contribution in [2.75, 3.05) is 0 Å². The summed E-state index contributed by atoms with van der Waals surface area (Å²) in [6.45, 7) is 1.62. The van der Waals surface area contributed by atoms with Gasteiger partial charge in [0.1, 0.15) is 0 Å². The van der Waals surface area contributed by atoms with Gasteiger partial charge < -0.3 is 0 Å². The largest absolute Gasteiger partial charge is 0.203 e. The number of fused-ring (bicyclic) bond motifs is 1. The molecular formula is C20H14F5. The lowest BCUT2D eigenvalue weighted by Gasteiger charge is -2.18. The van der Waals surface area contributed by atoms with Crippen LogP contribution in [0.1, 0.15) is 24.5 Å². The van der Waals surface area contributed by atoms with Gasteiger partial charge in [0.05, 0.1) is 0 Å². The maximum absolute atomic E-state index is 14.1. The van der Waals surface area contributed by atoms with Crippen LogP contribution in [-0.4, -0.2) is 0 Å². The summed E-state index contributed by atoms with van der Waals surface area (Å²) in [5.74, 6) is -9.39. The number of hydrogen-bond acceptors (Lipinski definition) is 0. The van der Waals surface area contributed by atoms with Crippen molar-refractivity contribution in [3.05, 3.63) is 88.6 Å². The van der Waals surface area contributed by atoms with Crippen molar-refractivity contribution in [2.24, 2.45) is 0 Å². The molecular weight excluding hydrogens is 335 g/mol. The second kappa shape index (κ2) is 6.82. The van der Waals surface area contributed by atoms with Gasteiger partial charge in [0.15, 0.2) is 23.3 Å². The van der Waals surface area contributed by atoms with Gasteiger partial charge in [-0.05, 0) is 29.2 Å². The number of halogens is 5. The first-order chi connectivity index (χ1) is 11.9. The van der Waals surface area contributed by atoms with Crippen molar-refractivity contribution in [2.45, 2.75) is 19.8 Å². The van der Waals surface area contributed by atoms with Crippen molar-refractivity contribution in [3.8, 4) is 0 Å². The molecule has 0 saturated carbocycles. The molecule has 25 heavy (non-hydrogen) atoms. The lowest BCUT2D eigenvalue weighted by atomic mass is 9.88. The molecule has 0 atom stereocenters. The molecule has 0 aromatic heterocycles. The Hall–Kier alpha value is -2.43. The van der Waals surface area contributed by atoms with Crippen LogP contribution in [0.15, 0.2) is 42.5 Å². The first kappa shape index (κ1) is 17.4. The third-order valence-electron chi connectivity index (χ3n) is 4.22. The van der Waals surface area contributed by atoms with E-state index in [1.54, 1.807) is 13.0 Å². The molecule has 0 aliphatic heterocycles. The summed E-state index contributed by atoms with van der Waals surface area (Å²) >= 11 is 0. The summed E-state index contributed by atoms with van der Waals surface area (Å²) in [5.41, 5.74) is -0.0912. The topological polar surface area (TPSA) is 0 Å². The summed E-state index contributed by atoms with van der Waals surface area (Å²) in [5, 5.41) is 1.94. The average molecular weight is 349 g/mol. The van der Waals surface area contributed by atoms with E-state index in [4.69, 9.17) is 0 Å². The van der Waals surface area contributed by atoms with Crippen LogP contribution in [0, 0.1) is 35.0 Å². The molecule has 0 aliphatic carbocycles. The van der Waals surface area contributed by atoms with E-state index >= 15 is 0 Å². The third kappa shape index (κ3) is 3.11. The SMILES string of the molecule is CC[C](Cc1ccc2ccccc2c1)c1c(F)c(F)c(F)c(F)c1F. The summed E-state index contributed by atoms with van der Waals surface area (Å²) < 4.78 is 68.3. The zero-order valence-electron chi connectivity index (χ0n) is 13.3. The fourth-order valence-electron chi connectivity index (χ4n) is 2.90. The lowest BCUT2D eigenvalue weighted by Crippen LogP contribution is -2.13. The highest BCUT2D eigenvalue weighted by molar-refractivity contribution is 5.83. The summed E-state index contributed by atoms with van der Waals surface area (Å²) in [6.07, 6.45) is 0.255. The van der Waals surface area contributed by atoms with Gasteiger partial charge >= 0.3 is 0 Å². The predicted molar refractivity (Wildman–Crippen MR) is 86.5 cm³/mol. The van der Waals surface area contributed by atoms with Crippen LogP contribution in [0.5, 0.6) is 0 Å². The van der Waals surface area contributed by atoms with Gasteiger partial charge in [-0.2, -0.15) is 0 Å². The zero-order chi connectivity index (χ0) is 18.1. The maximum Gasteiger partial charge on any atom is 0.200 e. The highest BCUT2D eigenvalue weighted by Gasteiger charge is 2.30. The average Bonchev–Trinajstić information content (AvgIpc) is 2.64. The van der Waals surface area contributed by atoms with Crippen LogP contribution in [0.2, 0.25) is 0 Å². The minimum Gasteiger partial charge on any atom is -0.203 e. The van der Waals surface area contributed by atoms with Crippen molar-refractivity contribution in [1.29, 1.82) is 0 Å². The second-order valence-electron chi connectivity index (χ2n) is 5.76. The van der Waals surface area contributed by atoms with E-state index in [1.165, 1.54) is 0 Å². The molecule has 0 bridgehead atoms. The van der Waals surface area contributed by atoms with Gasteiger partial charge in [0.25, 0.3) is 0 Å². The predicted octanol–water partition coefficient (Wildman–Crippen LogP) is 6.11. The van der Waals surface area contributed by atoms with Gasteiger partial charge in [0.2, 0.25) is 5.82 Å². The second-order valence-corrected chi connectivity index (χ2v) is 5.76. The van der Waals surface area contributed by atoms with E-state index < -0.39 is 34.6 Å². The van der Waals surface area contributed by atoms with Crippen molar-refractivity contribution in [1.82, 2.24) is 0 Å².